The Morgan fingerprint density at radius 2 is 2.16 bits per heavy atom. The molecule has 4 heteroatoms. The molecule has 1 heterocycles. The molecule has 0 spiro atoms. The Balaban J connectivity index is 2.48. The van der Waals surface area contributed by atoms with Crippen molar-refractivity contribution in [1.82, 2.24) is 5.32 Å². The number of benzene rings is 1. The predicted octanol–water partition coefficient (Wildman–Crippen LogP) is 4.06. The van der Waals surface area contributed by atoms with E-state index in [1.165, 1.54) is 5.56 Å². The maximum Gasteiger partial charge on any atom is 0.139 e. The number of rotatable bonds is 5. The number of methoxy groups -OCH3 is 1. The molecular formula is C15H18BrNO2. The lowest BCUT2D eigenvalue weighted by molar-refractivity contribution is 0.393. The van der Waals surface area contributed by atoms with E-state index < -0.39 is 0 Å². The minimum atomic E-state index is -0.0232. The van der Waals surface area contributed by atoms with E-state index >= 15 is 0 Å². The molecule has 19 heavy (non-hydrogen) atoms. The van der Waals surface area contributed by atoms with Crippen LogP contribution in [0.4, 0.5) is 0 Å². The van der Waals surface area contributed by atoms with Crippen molar-refractivity contribution in [3.63, 3.8) is 0 Å². The van der Waals surface area contributed by atoms with Crippen LogP contribution in [0.2, 0.25) is 0 Å². The van der Waals surface area contributed by atoms with Crippen molar-refractivity contribution < 1.29 is 9.15 Å². The molecule has 2 rings (SSSR count). The average molecular weight is 324 g/mol. The normalized spacial score (nSPS) is 12.4. The number of hydrogen-bond donors (Lipinski definition) is 1. The second-order valence-electron chi connectivity index (χ2n) is 4.37. The van der Waals surface area contributed by atoms with Gasteiger partial charge >= 0.3 is 0 Å². The summed E-state index contributed by atoms with van der Waals surface area (Å²) in [5.41, 5.74) is 2.25. The molecule has 2 aromatic rings. The molecule has 0 aliphatic rings. The molecule has 1 atom stereocenters. The van der Waals surface area contributed by atoms with Gasteiger partial charge < -0.3 is 14.5 Å². The zero-order chi connectivity index (χ0) is 13.8. The summed E-state index contributed by atoms with van der Waals surface area (Å²) < 4.78 is 12.1. The topological polar surface area (TPSA) is 34.4 Å². The molecule has 1 unspecified atom stereocenters. The van der Waals surface area contributed by atoms with Crippen LogP contribution in [0.25, 0.3) is 0 Å². The molecule has 1 N–H and O–H groups in total. The Kier molecular flexibility index (Phi) is 4.66. The lowest BCUT2D eigenvalue weighted by atomic mass is 10.0. The third-order valence-corrected chi connectivity index (χ3v) is 3.67. The smallest absolute Gasteiger partial charge is 0.139 e. The van der Waals surface area contributed by atoms with E-state index in [9.17, 15) is 0 Å². The van der Waals surface area contributed by atoms with Gasteiger partial charge in [0.2, 0.25) is 0 Å². The van der Waals surface area contributed by atoms with Crippen molar-refractivity contribution in [2.45, 2.75) is 19.9 Å². The highest BCUT2D eigenvalue weighted by atomic mass is 79.9. The van der Waals surface area contributed by atoms with Gasteiger partial charge in [-0.15, -0.1) is 0 Å². The lowest BCUT2D eigenvalue weighted by Gasteiger charge is -2.19. The summed E-state index contributed by atoms with van der Waals surface area (Å²) in [6.07, 6.45) is 1.68. The zero-order valence-corrected chi connectivity index (χ0v) is 13.0. The van der Waals surface area contributed by atoms with Crippen LogP contribution in [0.15, 0.2) is 39.4 Å². The van der Waals surface area contributed by atoms with E-state index in [4.69, 9.17) is 9.15 Å². The molecule has 0 aliphatic heterocycles. The average Bonchev–Trinajstić information content (AvgIpc) is 2.82. The number of hydrogen-bond acceptors (Lipinski definition) is 3. The summed E-state index contributed by atoms with van der Waals surface area (Å²) in [7, 11) is 1.69. The molecule has 1 aromatic heterocycles. The van der Waals surface area contributed by atoms with E-state index in [-0.39, 0.29) is 6.04 Å². The molecule has 1 aromatic carbocycles. The highest BCUT2D eigenvalue weighted by Crippen LogP contribution is 2.34. The van der Waals surface area contributed by atoms with Gasteiger partial charge in [0.15, 0.2) is 0 Å². The minimum Gasteiger partial charge on any atom is -0.496 e. The zero-order valence-electron chi connectivity index (χ0n) is 11.4. The van der Waals surface area contributed by atoms with Crippen LogP contribution in [0, 0.1) is 6.92 Å². The summed E-state index contributed by atoms with van der Waals surface area (Å²) in [4.78, 5) is 0. The standard InChI is InChI=1S/C15H18BrNO2/c1-4-17-14(15-12(16)7-8-19-15)11-6-5-10(2)9-13(11)18-3/h5-9,14,17H,4H2,1-3H3. The van der Waals surface area contributed by atoms with Crippen molar-refractivity contribution in [3.8, 4) is 5.75 Å². The fourth-order valence-electron chi connectivity index (χ4n) is 2.12. The van der Waals surface area contributed by atoms with Gasteiger partial charge in [0.25, 0.3) is 0 Å². The van der Waals surface area contributed by atoms with Gasteiger partial charge in [0.1, 0.15) is 11.5 Å². The van der Waals surface area contributed by atoms with Crippen LogP contribution >= 0.6 is 15.9 Å². The van der Waals surface area contributed by atoms with Gasteiger partial charge in [-0.05, 0) is 47.1 Å². The first-order valence-corrected chi connectivity index (χ1v) is 7.07. The van der Waals surface area contributed by atoms with Gasteiger partial charge in [-0.25, -0.2) is 0 Å². The maximum absolute atomic E-state index is 5.60. The molecule has 0 radical (unpaired) electrons. The molecule has 0 amide bonds. The number of aryl methyl sites for hydroxylation is 1. The second kappa shape index (κ2) is 6.26. The quantitative estimate of drug-likeness (QED) is 0.901. The Bertz CT molecular complexity index is 551. The first kappa shape index (κ1) is 14.2. The van der Waals surface area contributed by atoms with Crippen LogP contribution < -0.4 is 10.1 Å². The van der Waals surface area contributed by atoms with Gasteiger partial charge in [-0.2, -0.15) is 0 Å². The van der Waals surface area contributed by atoms with Crippen molar-refractivity contribution >= 4 is 15.9 Å². The third-order valence-electron chi connectivity index (χ3n) is 3.02. The molecule has 0 saturated heterocycles. The Labute approximate surface area is 122 Å². The highest BCUT2D eigenvalue weighted by molar-refractivity contribution is 9.10. The molecule has 0 saturated carbocycles. The summed E-state index contributed by atoms with van der Waals surface area (Å²) in [5.74, 6) is 1.73. The molecule has 0 aliphatic carbocycles. The molecule has 102 valence electrons. The third kappa shape index (κ3) is 3.01. The molecule has 0 fully saturated rings. The van der Waals surface area contributed by atoms with Gasteiger partial charge in [0.05, 0.1) is 23.9 Å². The Morgan fingerprint density at radius 3 is 2.74 bits per heavy atom. The monoisotopic (exact) mass is 323 g/mol. The summed E-state index contributed by atoms with van der Waals surface area (Å²) in [5, 5.41) is 3.43. The molecular weight excluding hydrogens is 306 g/mol. The number of halogens is 1. The summed E-state index contributed by atoms with van der Waals surface area (Å²) >= 11 is 3.52. The van der Waals surface area contributed by atoms with Crippen molar-refractivity contribution in [2.24, 2.45) is 0 Å². The van der Waals surface area contributed by atoms with Gasteiger partial charge in [-0.1, -0.05) is 19.1 Å². The SMILES string of the molecule is CCNC(c1ccc(C)cc1OC)c1occc1Br. The Morgan fingerprint density at radius 1 is 1.37 bits per heavy atom. The van der Waals surface area contributed by atoms with E-state index in [1.807, 2.05) is 12.1 Å². The van der Waals surface area contributed by atoms with Crippen LogP contribution in [-0.2, 0) is 0 Å². The number of ether oxygens (including phenoxy) is 1. The lowest BCUT2D eigenvalue weighted by Crippen LogP contribution is -2.22. The van der Waals surface area contributed by atoms with E-state index in [2.05, 4.69) is 47.2 Å². The molecule has 3 nitrogen and oxygen atoms in total. The van der Waals surface area contributed by atoms with Crippen LogP contribution in [0.3, 0.4) is 0 Å². The van der Waals surface area contributed by atoms with E-state index in [0.717, 1.165) is 28.1 Å². The molecule has 0 bridgehead atoms. The van der Waals surface area contributed by atoms with E-state index in [1.54, 1.807) is 13.4 Å². The predicted molar refractivity (Wildman–Crippen MR) is 79.7 cm³/mol. The van der Waals surface area contributed by atoms with Crippen LogP contribution in [0.1, 0.15) is 29.9 Å². The Hall–Kier alpha value is -1.26. The highest BCUT2D eigenvalue weighted by Gasteiger charge is 2.22. The minimum absolute atomic E-state index is 0.0232. The van der Waals surface area contributed by atoms with Crippen LogP contribution in [-0.4, -0.2) is 13.7 Å². The number of nitrogens with one attached hydrogen (secondary N) is 1. The largest absolute Gasteiger partial charge is 0.496 e. The second-order valence-corrected chi connectivity index (χ2v) is 5.22. The summed E-state index contributed by atoms with van der Waals surface area (Å²) in [6, 6.07) is 8.08. The van der Waals surface area contributed by atoms with Gasteiger partial charge in [0, 0.05) is 5.56 Å². The van der Waals surface area contributed by atoms with Crippen molar-refractivity contribution in [3.05, 3.63) is 51.9 Å². The van der Waals surface area contributed by atoms with Crippen LogP contribution in [0.5, 0.6) is 5.75 Å². The van der Waals surface area contributed by atoms with Gasteiger partial charge in [-0.3, -0.25) is 0 Å². The fourth-order valence-corrected chi connectivity index (χ4v) is 2.55. The fraction of sp³-hybridized carbons (Fsp3) is 0.333. The number of furan rings is 1. The first-order valence-electron chi connectivity index (χ1n) is 6.28. The van der Waals surface area contributed by atoms with Crippen molar-refractivity contribution in [2.75, 3.05) is 13.7 Å². The maximum atomic E-state index is 5.60. The first-order chi connectivity index (χ1) is 9.17. The van der Waals surface area contributed by atoms with Crippen molar-refractivity contribution in [1.29, 1.82) is 0 Å². The summed E-state index contributed by atoms with van der Waals surface area (Å²) in [6.45, 7) is 4.97. The van der Waals surface area contributed by atoms with E-state index in [0.29, 0.717) is 0 Å².